The van der Waals surface area contributed by atoms with Gasteiger partial charge in [0.15, 0.2) is 0 Å². The highest BCUT2D eigenvalue weighted by molar-refractivity contribution is 7.09. The number of rotatable bonds is 7. The molecule has 156 valence electrons. The van der Waals surface area contributed by atoms with Crippen LogP contribution in [-0.4, -0.2) is 36.0 Å². The fourth-order valence-corrected chi connectivity index (χ4v) is 4.95. The summed E-state index contributed by atoms with van der Waals surface area (Å²) in [5.41, 5.74) is 1.88. The number of thiazole rings is 1. The summed E-state index contributed by atoms with van der Waals surface area (Å²) in [5, 5.41) is 6.22. The highest BCUT2D eigenvalue weighted by Gasteiger charge is 2.31. The summed E-state index contributed by atoms with van der Waals surface area (Å²) in [5.74, 6) is 1.19. The SMILES string of the molecule is COc1ccccc1CN1CCC[C@@H]([C@@H](NC(=O)c2ccccc2)c2nccs2)C1. The van der Waals surface area contributed by atoms with Gasteiger partial charge in [0.05, 0.1) is 13.2 Å². The van der Waals surface area contributed by atoms with Crippen LogP contribution in [0.5, 0.6) is 5.75 Å². The smallest absolute Gasteiger partial charge is 0.251 e. The van der Waals surface area contributed by atoms with Crippen LogP contribution in [0.4, 0.5) is 0 Å². The monoisotopic (exact) mass is 421 g/mol. The largest absolute Gasteiger partial charge is 0.496 e. The van der Waals surface area contributed by atoms with Crippen molar-refractivity contribution >= 4 is 17.2 Å². The summed E-state index contributed by atoms with van der Waals surface area (Å²) in [6.07, 6.45) is 3.99. The first-order valence-corrected chi connectivity index (χ1v) is 11.2. The first-order valence-electron chi connectivity index (χ1n) is 10.3. The molecule has 3 aromatic rings. The second-order valence-corrected chi connectivity index (χ2v) is 8.56. The van der Waals surface area contributed by atoms with Gasteiger partial charge in [-0.15, -0.1) is 11.3 Å². The van der Waals surface area contributed by atoms with Crippen LogP contribution in [0.3, 0.4) is 0 Å². The minimum Gasteiger partial charge on any atom is -0.496 e. The quantitative estimate of drug-likeness (QED) is 0.609. The number of nitrogens with one attached hydrogen (secondary N) is 1. The molecule has 1 N–H and O–H groups in total. The summed E-state index contributed by atoms with van der Waals surface area (Å²) in [6.45, 7) is 2.81. The van der Waals surface area contributed by atoms with Crippen molar-refractivity contribution < 1.29 is 9.53 Å². The molecule has 1 saturated heterocycles. The number of hydrogen-bond donors (Lipinski definition) is 1. The van der Waals surface area contributed by atoms with Gasteiger partial charge in [0, 0.05) is 35.8 Å². The fraction of sp³-hybridized carbons (Fsp3) is 0.333. The number of aromatic nitrogens is 1. The Morgan fingerprint density at radius 3 is 2.80 bits per heavy atom. The van der Waals surface area contributed by atoms with Crippen molar-refractivity contribution in [2.45, 2.75) is 25.4 Å². The van der Waals surface area contributed by atoms with Crippen LogP contribution < -0.4 is 10.1 Å². The zero-order valence-electron chi connectivity index (χ0n) is 17.2. The molecule has 0 unspecified atom stereocenters. The zero-order chi connectivity index (χ0) is 20.8. The molecule has 4 rings (SSSR count). The van der Waals surface area contributed by atoms with Gasteiger partial charge < -0.3 is 10.1 Å². The van der Waals surface area contributed by atoms with E-state index in [0.717, 1.165) is 43.2 Å². The standard InChI is InChI=1S/C24H27N3O2S/c1-29-21-12-6-5-10-19(21)16-27-14-7-11-20(17-27)22(24-25-13-15-30-24)26-23(28)18-8-3-2-4-9-18/h2-6,8-10,12-13,15,20,22H,7,11,14,16-17H2,1H3,(H,26,28)/t20-,22-/m1/s1. The maximum absolute atomic E-state index is 12.9. The molecule has 0 aliphatic carbocycles. The maximum Gasteiger partial charge on any atom is 0.251 e. The molecular formula is C24H27N3O2S. The first kappa shape index (κ1) is 20.6. The average Bonchev–Trinajstić information content (AvgIpc) is 3.33. The Hall–Kier alpha value is -2.70. The van der Waals surface area contributed by atoms with E-state index in [1.54, 1.807) is 18.4 Å². The third-order valence-electron chi connectivity index (χ3n) is 5.64. The van der Waals surface area contributed by atoms with Gasteiger partial charge in [0.2, 0.25) is 0 Å². The number of benzene rings is 2. The van der Waals surface area contributed by atoms with E-state index in [0.29, 0.717) is 11.5 Å². The molecule has 1 aliphatic rings. The number of hydrogen-bond acceptors (Lipinski definition) is 5. The highest BCUT2D eigenvalue weighted by atomic mass is 32.1. The molecule has 0 bridgehead atoms. The summed E-state index contributed by atoms with van der Waals surface area (Å²) in [4.78, 5) is 19.9. The predicted octanol–water partition coefficient (Wildman–Crippen LogP) is 4.54. The minimum absolute atomic E-state index is 0.0438. The van der Waals surface area contributed by atoms with Gasteiger partial charge in [-0.2, -0.15) is 0 Å². The van der Waals surface area contributed by atoms with Gasteiger partial charge in [-0.1, -0.05) is 36.4 Å². The lowest BCUT2D eigenvalue weighted by atomic mass is 9.90. The molecule has 30 heavy (non-hydrogen) atoms. The topological polar surface area (TPSA) is 54.5 Å². The van der Waals surface area contributed by atoms with Crippen LogP contribution in [-0.2, 0) is 6.54 Å². The molecule has 1 amide bonds. The van der Waals surface area contributed by atoms with Crippen LogP contribution in [0, 0.1) is 5.92 Å². The maximum atomic E-state index is 12.9. The normalized spacial score (nSPS) is 18.0. The Bertz CT molecular complexity index is 946. The Morgan fingerprint density at radius 2 is 2.03 bits per heavy atom. The van der Waals surface area contributed by atoms with Crippen molar-refractivity contribution in [2.75, 3.05) is 20.2 Å². The predicted molar refractivity (Wildman–Crippen MR) is 120 cm³/mol. The van der Waals surface area contributed by atoms with Gasteiger partial charge in [-0.25, -0.2) is 4.98 Å². The van der Waals surface area contributed by atoms with Crippen molar-refractivity contribution in [1.82, 2.24) is 15.2 Å². The molecular weight excluding hydrogens is 394 g/mol. The van der Waals surface area contributed by atoms with Crippen LogP contribution >= 0.6 is 11.3 Å². The van der Waals surface area contributed by atoms with Crippen LogP contribution in [0.15, 0.2) is 66.2 Å². The molecule has 0 saturated carbocycles. The van der Waals surface area contributed by atoms with E-state index >= 15 is 0 Å². The third kappa shape index (κ3) is 4.89. The average molecular weight is 422 g/mol. The zero-order valence-corrected chi connectivity index (χ0v) is 18.0. The van der Waals surface area contributed by atoms with Gasteiger partial charge in [-0.05, 0) is 43.5 Å². The second-order valence-electron chi connectivity index (χ2n) is 7.64. The third-order valence-corrected chi connectivity index (χ3v) is 6.50. The lowest BCUT2D eigenvalue weighted by molar-refractivity contribution is 0.0877. The van der Waals surface area contributed by atoms with Crippen molar-refractivity contribution in [2.24, 2.45) is 5.92 Å². The number of carbonyl (C=O) groups excluding carboxylic acids is 1. The number of piperidine rings is 1. The molecule has 5 nitrogen and oxygen atoms in total. The van der Waals surface area contributed by atoms with Crippen molar-refractivity contribution in [3.8, 4) is 5.75 Å². The highest BCUT2D eigenvalue weighted by Crippen LogP contribution is 2.32. The van der Waals surface area contributed by atoms with Crippen LogP contribution in [0.1, 0.15) is 39.8 Å². The lowest BCUT2D eigenvalue weighted by Gasteiger charge is -2.36. The summed E-state index contributed by atoms with van der Waals surface area (Å²) in [7, 11) is 1.72. The molecule has 1 aromatic heterocycles. The fourth-order valence-electron chi connectivity index (χ4n) is 4.16. The summed E-state index contributed by atoms with van der Waals surface area (Å²) in [6, 6.07) is 17.5. The molecule has 1 fully saturated rings. The van der Waals surface area contributed by atoms with Gasteiger partial charge in [-0.3, -0.25) is 9.69 Å². The van der Waals surface area contributed by atoms with E-state index in [-0.39, 0.29) is 11.9 Å². The number of carbonyl (C=O) groups is 1. The first-order chi connectivity index (χ1) is 14.7. The minimum atomic E-state index is -0.0850. The van der Waals surface area contributed by atoms with E-state index in [1.165, 1.54) is 5.56 Å². The number of amides is 1. The van der Waals surface area contributed by atoms with Gasteiger partial charge in [0.25, 0.3) is 5.91 Å². The van der Waals surface area contributed by atoms with Crippen LogP contribution in [0.25, 0.3) is 0 Å². The van der Waals surface area contributed by atoms with E-state index < -0.39 is 0 Å². The van der Waals surface area contributed by atoms with E-state index in [9.17, 15) is 4.79 Å². The Balaban J connectivity index is 1.50. The van der Waals surface area contributed by atoms with Crippen molar-refractivity contribution in [3.05, 3.63) is 82.3 Å². The number of nitrogens with zero attached hydrogens (tertiary/aromatic N) is 2. The molecule has 2 heterocycles. The van der Waals surface area contributed by atoms with Gasteiger partial charge in [0.1, 0.15) is 10.8 Å². The molecule has 6 heteroatoms. The summed E-state index contributed by atoms with van der Waals surface area (Å²) < 4.78 is 5.53. The second kappa shape index (κ2) is 9.87. The van der Waals surface area contributed by atoms with E-state index in [2.05, 4.69) is 27.3 Å². The number of likely N-dealkylation sites (tertiary alicyclic amines) is 1. The van der Waals surface area contributed by atoms with E-state index in [1.807, 2.05) is 54.0 Å². The van der Waals surface area contributed by atoms with E-state index in [4.69, 9.17) is 4.74 Å². The Labute approximate surface area is 181 Å². The number of para-hydroxylation sites is 1. The molecule has 0 radical (unpaired) electrons. The number of methoxy groups -OCH3 is 1. The summed E-state index contributed by atoms with van der Waals surface area (Å²) >= 11 is 1.61. The van der Waals surface area contributed by atoms with Crippen LogP contribution in [0.2, 0.25) is 0 Å². The molecule has 1 aliphatic heterocycles. The number of ether oxygens (including phenoxy) is 1. The van der Waals surface area contributed by atoms with Crippen molar-refractivity contribution in [1.29, 1.82) is 0 Å². The Kier molecular flexibility index (Phi) is 6.77. The molecule has 2 aromatic carbocycles. The molecule has 0 spiro atoms. The lowest BCUT2D eigenvalue weighted by Crippen LogP contribution is -2.42. The molecule has 2 atom stereocenters. The van der Waals surface area contributed by atoms with Crippen molar-refractivity contribution in [3.63, 3.8) is 0 Å². The van der Waals surface area contributed by atoms with Gasteiger partial charge >= 0.3 is 0 Å². The Morgan fingerprint density at radius 1 is 1.23 bits per heavy atom.